The number of aliphatic hydroxyl groups excluding tert-OH is 1. The molecule has 3 rings (SSSR count). The minimum absolute atomic E-state index is 0.00132. The standard InChI is InChI=1S/C20H24O3/c1-22-18-9-7-17(8-10-18)16-5-3-14(4-6-16)11-15-12-19(21)20(13-15)23-2/h3-10,15,19-21H,11-13H2,1-2H3/t15-,19+,20+/m1/s1. The first-order valence-electron chi connectivity index (χ1n) is 8.14. The Bertz CT molecular complexity index is 618. The predicted octanol–water partition coefficient (Wildman–Crippen LogP) is 3.69. The van der Waals surface area contributed by atoms with E-state index in [1.165, 1.54) is 16.7 Å². The Kier molecular flexibility index (Phi) is 4.99. The van der Waals surface area contributed by atoms with Crippen LogP contribution in [0.2, 0.25) is 0 Å². The fourth-order valence-corrected chi connectivity index (χ4v) is 3.45. The summed E-state index contributed by atoms with van der Waals surface area (Å²) in [5, 5.41) is 9.94. The average Bonchev–Trinajstić information content (AvgIpc) is 2.95. The van der Waals surface area contributed by atoms with Crippen LogP contribution in [0.1, 0.15) is 18.4 Å². The van der Waals surface area contributed by atoms with Crippen LogP contribution in [0.4, 0.5) is 0 Å². The molecule has 3 nitrogen and oxygen atoms in total. The highest BCUT2D eigenvalue weighted by Gasteiger charge is 2.32. The Morgan fingerprint density at radius 3 is 2.04 bits per heavy atom. The quantitative estimate of drug-likeness (QED) is 0.915. The topological polar surface area (TPSA) is 38.7 Å². The van der Waals surface area contributed by atoms with Crippen molar-refractivity contribution >= 4 is 0 Å². The number of hydrogen-bond donors (Lipinski definition) is 1. The van der Waals surface area contributed by atoms with Gasteiger partial charge in [0.2, 0.25) is 0 Å². The van der Waals surface area contributed by atoms with E-state index in [9.17, 15) is 5.11 Å². The normalized spacial score (nSPS) is 23.9. The van der Waals surface area contributed by atoms with E-state index in [-0.39, 0.29) is 12.2 Å². The van der Waals surface area contributed by atoms with Gasteiger partial charge in [0, 0.05) is 7.11 Å². The molecule has 0 aliphatic heterocycles. The summed E-state index contributed by atoms with van der Waals surface area (Å²) >= 11 is 0. The molecular formula is C20H24O3. The van der Waals surface area contributed by atoms with Gasteiger partial charge < -0.3 is 14.6 Å². The number of rotatable bonds is 5. The minimum Gasteiger partial charge on any atom is -0.497 e. The van der Waals surface area contributed by atoms with Crippen molar-refractivity contribution in [1.29, 1.82) is 0 Å². The molecule has 1 N–H and O–H groups in total. The third-order valence-corrected chi connectivity index (χ3v) is 4.77. The summed E-state index contributed by atoms with van der Waals surface area (Å²) in [5.41, 5.74) is 3.71. The van der Waals surface area contributed by atoms with Crippen molar-refractivity contribution in [3.63, 3.8) is 0 Å². The number of ether oxygens (including phenoxy) is 2. The molecule has 1 aliphatic rings. The molecule has 0 amide bonds. The van der Waals surface area contributed by atoms with Crippen molar-refractivity contribution in [2.45, 2.75) is 31.5 Å². The lowest BCUT2D eigenvalue weighted by atomic mass is 9.96. The largest absolute Gasteiger partial charge is 0.497 e. The Hall–Kier alpha value is -1.84. The van der Waals surface area contributed by atoms with Crippen LogP contribution >= 0.6 is 0 Å². The molecule has 1 aliphatic carbocycles. The summed E-state index contributed by atoms with van der Waals surface area (Å²) in [7, 11) is 3.36. The van der Waals surface area contributed by atoms with Crippen LogP contribution in [0.25, 0.3) is 11.1 Å². The Labute approximate surface area is 137 Å². The molecule has 0 aromatic heterocycles. The SMILES string of the molecule is COc1ccc(-c2ccc(C[C@H]3C[C@H](OC)[C@@H](O)C3)cc2)cc1. The first-order chi connectivity index (χ1) is 11.2. The fourth-order valence-electron chi connectivity index (χ4n) is 3.45. The van der Waals surface area contributed by atoms with Crippen molar-refractivity contribution in [2.24, 2.45) is 5.92 Å². The van der Waals surface area contributed by atoms with Crippen LogP contribution < -0.4 is 4.74 Å². The zero-order valence-electron chi connectivity index (χ0n) is 13.7. The molecule has 0 unspecified atom stereocenters. The maximum Gasteiger partial charge on any atom is 0.118 e. The van der Waals surface area contributed by atoms with Crippen LogP contribution in [0.15, 0.2) is 48.5 Å². The van der Waals surface area contributed by atoms with E-state index in [0.717, 1.165) is 25.0 Å². The molecule has 2 aromatic carbocycles. The number of benzene rings is 2. The van der Waals surface area contributed by atoms with Crippen LogP contribution in [-0.2, 0) is 11.2 Å². The number of methoxy groups -OCH3 is 2. The molecule has 23 heavy (non-hydrogen) atoms. The smallest absolute Gasteiger partial charge is 0.118 e. The summed E-state index contributed by atoms with van der Waals surface area (Å²) in [4.78, 5) is 0. The Morgan fingerprint density at radius 2 is 1.52 bits per heavy atom. The molecule has 0 radical (unpaired) electrons. The third kappa shape index (κ3) is 3.74. The van der Waals surface area contributed by atoms with Crippen LogP contribution in [0.5, 0.6) is 5.75 Å². The van der Waals surface area contributed by atoms with Gasteiger partial charge in [-0.25, -0.2) is 0 Å². The summed E-state index contributed by atoms with van der Waals surface area (Å²) in [6.07, 6.45) is 2.46. The lowest BCUT2D eigenvalue weighted by Crippen LogP contribution is -2.20. The van der Waals surface area contributed by atoms with E-state index in [1.807, 2.05) is 12.1 Å². The summed E-state index contributed by atoms with van der Waals surface area (Å²) in [6.45, 7) is 0. The monoisotopic (exact) mass is 312 g/mol. The molecule has 0 spiro atoms. The summed E-state index contributed by atoms with van der Waals surface area (Å²) in [5.74, 6) is 1.37. The zero-order valence-corrected chi connectivity index (χ0v) is 13.7. The van der Waals surface area contributed by atoms with Crippen LogP contribution in [0.3, 0.4) is 0 Å². The second kappa shape index (κ2) is 7.16. The van der Waals surface area contributed by atoms with Gasteiger partial charge in [-0.3, -0.25) is 0 Å². The molecule has 0 bridgehead atoms. The van der Waals surface area contributed by atoms with Gasteiger partial charge >= 0.3 is 0 Å². The number of hydrogen-bond acceptors (Lipinski definition) is 3. The molecule has 0 heterocycles. The lowest BCUT2D eigenvalue weighted by molar-refractivity contribution is 0.00976. The van der Waals surface area contributed by atoms with Crippen molar-refractivity contribution in [1.82, 2.24) is 0 Å². The van der Waals surface area contributed by atoms with Gasteiger partial charge in [0.05, 0.1) is 19.3 Å². The zero-order chi connectivity index (χ0) is 16.2. The third-order valence-electron chi connectivity index (χ3n) is 4.77. The first-order valence-corrected chi connectivity index (χ1v) is 8.14. The van der Waals surface area contributed by atoms with Gasteiger partial charge in [-0.1, -0.05) is 36.4 Å². The molecule has 3 atom stereocenters. The van der Waals surface area contributed by atoms with Gasteiger partial charge in [-0.05, 0) is 54.0 Å². The van der Waals surface area contributed by atoms with Crippen molar-refractivity contribution in [3.8, 4) is 16.9 Å². The van der Waals surface area contributed by atoms with E-state index in [4.69, 9.17) is 9.47 Å². The molecule has 2 aromatic rings. The maximum absolute atomic E-state index is 9.94. The Morgan fingerprint density at radius 1 is 0.913 bits per heavy atom. The van der Waals surface area contributed by atoms with E-state index >= 15 is 0 Å². The molecular weight excluding hydrogens is 288 g/mol. The van der Waals surface area contributed by atoms with Crippen molar-refractivity contribution in [2.75, 3.05) is 14.2 Å². The van der Waals surface area contributed by atoms with E-state index in [1.54, 1.807) is 14.2 Å². The molecule has 122 valence electrons. The lowest BCUT2D eigenvalue weighted by Gasteiger charge is -2.11. The van der Waals surface area contributed by atoms with E-state index < -0.39 is 0 Å². The average molecular weight is 312 g/mol. The van der Waals surface area contributed by atoms with Crippen molar-refractivity contribution < 1.29 is 14.6 Å². The van der Waals surface area contributed by atoms with E-state index in [0.29, 0.717) is 5.92 Å². The van der Waals surface area contributed by atoms with E-state index in [2.05, 4.69) is 36.4 Å². The Balaban J connectivity index is 1.65. The minimum atomic E-state index is -0.316. The highest BCUT2D eigenvalue weighted by Crippen LogP contribution is 2.31. The van der Waals surface area contributed by atoms with Crippen LogP contribution in [0, 0.1) is 5.92 Å². The van der Waals surface area contributed by atoms with Crippen LogP contribution in [-0.4, -0.2) is 31.5 Å². The fraction of sp³-hybridized carbons (Fsp3) is 0.400. The molecule has 0 saturated heterocycles. The highest BCUT2D eigenvalue weighted by atomic mass is 16.5. The molecule has 3 heteroatoms. The molecule has 1 saturated carbocycles. The second-order valence-corrected chi connectivity index (χ2v) is 6.31. The molecule has 1 fully saturated rings. The number of aliphatic hydroxyl groups is 1. The highest BCUT2D eigenvalue weighted by molar-refractivity contribution is 5.64. The summed E-state index contributed by atoms with van der Waals surface area (Å²) < 4.78 is 10.5. The van der Waals surface area contributed by atoms with Gasteiger partial charge in [-0.2, -0.15) is 0 Å². The maximum atomic E-state index is 9.94. The van der Waals surface area contributed by atoms with Gasteiger partial charge in [0.25, 0.3) is 0 Å². The summed E-state index contributed by atoms with van der Waals surface area (Å²) in [6, 6.07) is 16.8. The van der Waals surface area contributed by atoms with Crippen molar-refractivity contribution in [3.05, 3.63) is 54.1 Å². The van der Waals surface area contributed by atoms with Gasteiger partial charge in [-0.15, -0.1) is 0 Å². The first kappa shape index (κ1) is 16.0. The second-order valence-electron chi connectivity index (χ2n) is 6.31. The van der Waals surface area contributed by atoms with Gasteiger partial charge in [0.1, 0.15) is 5.75 Å². The predicted molar refractivity (Wildman–Crippen MR) is 91.7 cm³/mol. The van der Waals surface area contributed by atoms with Gasteiger partial charge in [0.15, 0.2) is 0 Å².